The maximum absolute atomic E-state index is 13.4. The fraction of sp³-hybridized carbons (Fsp3) is 0.524. The quantitative estimate of drug-likeness (QED) is 0.693. The number of likely N-dealkylation sites (tertiary alicyclic amines) is 1. The van der Waals surface area contributed by atoms with E-state index in [1.807, 2.05) is 10.6 Å². The molecule has 7 heteroatoms. The lowest BCUT2D eigenvalue weighted by Crippen LogP contribution is -2.37. The minimum atomic E-state index is -0.264. The van der Waals surface area contributed by atoms with Crippen LogP contribution < -0.4 is 5.69 Å². The van der Waals surface area contributed by atoms with E-state index in [1.165, 1.54) is 17.7 Å². The van der Waals surface area contributed by atoms with Gasteiger partial charge in [-0.2, -0.15) is 5.10 Å². The molecule has 148 valence electrons. The third kappa shape index (κ3) is 3.17. The number of halogens is 1. The summed E-state index contributed by atoms with van der Waals surface area (Å²) in [7, 11) is 0. The molecular weight excluding hydrogens is 359 g/mol. The van der Waals surface area contributed by atoms with Crippen LogP contribution in [0.3, 0.4) is 0 Å². The van der Waals surface area contributed by atoms with Crippen LogP contribution >= 0.6 is 0 Å². The van der Waals surface area contributed by atoms with Crippen molar-refractivity contribution in [2.75, 3.05) is 19.6 Å². The van der Waals surface area contributed by atoms with Crippen molar-refractivity contribution in [2.45, 2.75) is 51.1 Å². The zero-order valence-corrected chi connectivity index (χ0v) is 15.9. The molecule has 4 heterocycles. The molecule has 0 unspecified atom stereocenters. The Labute approximate surface area is 162 Å². The van der Waals surface area contributed by atoms with Crippen molar-refractivity contribution >= 4 is 11.0 Å². The molecule has 0 amide bonds. The number of fused-ring (bicyclic) bond motifs is 2. The van der Waals surface area contributed by atoms with Gasteiger partial charge in [0.05, 0.1) is 12.8 Å². The van der Waals surface area contributed by atoms with E-state index in [0.717, 1.165) is 69.5 Å². The lowest BCUT2D eigenvalue weighted by molar-refractivity contribution is 0.202. The first-order valence-corrected chi connectivity index (χ1v) is 10.2. The van der Waals surface area contributed by atoms with Crippen LogP contribution in [0.1, 0.15) is 43.0 Å². The minimum Gasteiger partial charge on any atom is -0.464 e. The van der Waals surface area contributed by atoms with Crippen LogP contribution in [0.2, 0.25) is 0 Å². The van der Waals surface area contributed by atoms with Crippen molar-refractivity contribution in [1.82, 2.24) is 19.2 Å². The van der Waals surface area contributed by atoms with E-state index < -0.39 is 0 Å². The fourth-order valence-corrected chi connectivity index (χ4v) is 4.64. The summed E-state index contributed by atoms with van der Waals surface area (Å²) in [4.78, 5) is 14.9. The van der Waals surface area contributed by atoms with Crippen LogP contribution in [0.4, 0.5) is 4.39 Å². The Hall–Kier alpha value is -2.41. The van der Waals surface area contributed by atoms with Crippen LogP contribution in [-0.4, -0.2) is 38.9 Å². The highest BCUT2D eigenvalue weighted by Gasteiger charge is 2.24. The molecule has 0 atom stereocenters. The molecule has 0 bridgehead atoms. The predicted molar refractivity (Wildman–Crippen MR) is 104 cm³/mol. The molecule has 0 aliphatic carbocycles. The molecule has 2 aliphatic heterocycles. The van der Waals surface area contributed by atoms with Crippen LogP contribution in [0.15, 0.2) is 33.7 Å². The van der Waals surface area contributed by atoms with E-state index in [2.05, 4.69) is 10.00 Å². The van der Waals surface area contributed by atoms with E-state index in [9.17, 15) is 9.18 Å². The van der Waals surface area contributed by atoms with Gasteiger partial charge in [-0.3, -0.25) is 4.57 Å². The Morgan fingerprint density at radius 1 is 1.14 bits per heavy atom. The summed E-state index contributed by atoms with van der Waals surface area (Å²) in [5.41, 5.74) is 1.86. The van der Waals surface area contributed by atoms with Crippen LogP contribution in [-0.2, 0) is 19.5 Å². The van der Waals surface area contributed by atoms with Crippen molar-refractivity contribution < 1.29 is 8.81 Å². The van der Waals surface area contributed by atoms with Gasteiger partial charge < -0.3 is 9.32 Å². The third-order valence-corrected chi connectivity index (χ3v) is 6.25. The molecule has 5 rings (SSSR count). The van der Waals surface area contributed by atoms with Crippen molar-refractivity contribution in [1.29, 1.82) is 0 Å². The molecule has 2 aliphatic rings. The zero-order chi connectivity index (χ0) is 19.1. The van der Waals surface area contributed by atoms with Gasteiger partial charge in [0.1, 0.15) is 17.2 Å². The van der Waals surface area contributed by atoms with E-state index in [0.29, 0.717) is 18.0 Å². The summed E-state index contributed by atoms with van der Waals surface area (Å²) >= 11 is 0. The summed E-state index contributed by atoms with van der Waals surface area (Å²) in [5, 5.41) is 5.55. The van der Waals surface area contributed by atoms with Gasteiger partial charge in [0.25, 0.3) is 0 Å². The van der Waals surface area contributed by atoms with Gasteiger partial charge in [-0.15, -0.1) is 0 Å². The Bertz CT molecular complexity index is 1040. The highest BCUT2D eigenvalue weighted by molar-refractivity contribution is 5.81. The van der Waals surface area contributed by atoms with E-state index in [1.54, 1.807) is 10.9 Å². The molecule has 0 radical (unpaired) electrons. The molecule has 1 saturated heterocycles. The molecule has 0 saturated carbocycles. The summed E-state index contributed by atoms with van der Waals surface area (Å²) < 4.78 is 22.4. The van der Waals surface area contributed by atoms with E-state index >= 15 is 0 Å². The number of aromatic nitrogens is 3. The predicted octanol–water partition coefficient (Wildman–Crippen LogP) is 3.15. The number of nitrogens with zero attached hydrogens (tertiary/aromatic N) is 4. The van der Waals surface area contributed by atoms with Gasteiger partial charge in [-0.1, -0.05) is 0 Å². The van der Waals surface area contributed by atoms with Gasteiger partial charge in [0, 0.05) is 36.5 Å². The molecule has 0 N–H and O–H groups in total. The average molecular weight is 384 g/mol. The first kappa shape index (κ1) is 17.7. The van der Waals surface area contributed by atoms with Crippen molar-refractivity contribution in [2.24, 2.45) is 0 Å². The second kappa shape index (κ2) is 7.20. The maximum atomic E-state index is 13.4. The minimum absolute atomic E-state index is 0.0432. The van der Waals surface area contributed by atoms with E-state index in [4.69, 9.17) is 4.42 Å². The molecule has 6 nitrogen and oxygen atoms in total. The summed E-state index contributed by atoms with van der Waals surface area (Å²) in [6.45, 7) is 4.28. The molecule has 3 aromatic rings. The number of furan rings is 1. The number of hydrogen-bond donors (Lipinski definition) is 0. The number of benzene rings is 1. The van der Waals surface area contributed by atoms with Gasteiger partial charge in [-0.05, 0) is 56.8 Å². The molecule has 28 heavy (non-hydrogen) atoms. The standard InChI is InChI=1S/C21H25FN4O2/c22-16-4-5-17-18(14-28-19(17)13-16)15-6-9-24(10-7-15)11-12-26-21(27)25-8-2-1-3-20(25)23-26/h4-5,13-15H,1-3,6-12H2. The third-order valence-electron chi connectivity index (χ3n) is 6.25. The van der Waals surface area contributed by atoms with Crippen LogP contribution in [0.5, 0.6) is 0 Å². The Morgan fingerprint density at radius 2 is 2.00 bits per heavy atom. The number of hydrogen-bond acceptors (Lipinski definition) is 4. The van der Waals surface area contributed by atoms with Gasteiger partial charge >= 0.3 is 5.69 Å². The molecular formula is C21H25FN4O2. The highest BCUT2D eigenvalue weighted by Crippen LogP contribution is 2.34. The van der Waals surface area contributed by atoms with Crippen molar-refractivity contribution in [3.8, 4) is 0 Å². The largest absolute Gasteiger partial charge is 0.464 e. The Kier molecular flexibility index (Phi) is 4.55. The fourth-order valence-electron chi connectivity index (χ4n) is 4.64. The normalized spacial score (nSPS) is 18.6. The Morgan fingerprint density at radius 3 is 2.82 bits per heavy atom. The molecule has 2 aromatic heterocycles. The Balaban J connectivity index is 1.21. The lowest BCUT2D eigenvalue weighted by Gasteiger charge is -2.31. The second-order valence-corrected chi connectivity index (χ2v) is 7.98. The zero-order valence-electron chi connectivity index (χ0n) is 15.9. The van der Waals surface area contributed by atoms with Gasteiger partial charge in [0.2, 0.25) is 0 Å². The first-order valence-electron chi connectivity index (χ1n) is 10.2. The summed E-state index contributed by atoms with van der Waals surface area (Å²) in [6, 6.07) is 4.78. The van der Waals surface area contributed by atoms with Gasteiger partial charge in [-0.25, -0.2) is 13.9 Å². The summed E-state index contributed by atoms with van der Waals surface area (Å²) in [6.07, 6.45) is 6.98. The first-order chi connectivity index (χ1) is 13.7. The average Bonchev–Trinajstić information content (AvgIpc) is 3.28. The number of rotatable bonds is 4. The van der Waals surface area contributed by atoms with Gasteiger partial charge in [0.15, 0.2) is 0 Å². The molecule has 1 fully saturated rings. The van der Waals surface area contributed by atoms with E-state index in [-0.39, 0.29) is 11.5 Å². The molecule has 0 spiro atoms. The number of aryl methyl sites for hydroxylation is 1. The number of piperidine rings is 1. The van der Waals surface area contributed by atoms with Crippen LogP contribution in [0.25, 0.3) is 11.0 Å². The summed E-state index contributed by atoms with van der Waals surface area (Å²) in [5.74, 6) is 1.11. The SMILES string of the molecule is O=c1n(CCN2CCC(c3coc4cc(F)ccc34)CC2)nc2n1CCCC2. The highest BCUT2D eigenvalue weighted by atomic mass is 19.1. The monoisotopic (exact) mass is 384 g/mol. The lowest BCUT2D eigenvalue weighted by atomic mass is 9.89. The topological polar surface area (TPSA) is 56.2 Å². The molecule has 1 aromatic carbocycles. The van der Waals surface area contributed by atoms with Crippen molar-refractivity contribution in [3.05, 3.63) is 52.2 Å². The maximum Gasteiger partial charge on any atom is 0.345 e. The second-order valence-electron chi connectivity index (χ2n) is 7.98. The van der Waals surface area contributed by atoms with Crippen molar-refractivity contribution in [3.63, 3.8) is 0 Å². The smallest absolute Gasteiger partial charge is 0.345 e. The van der Waals surface area contributed by atoms with Crippen LogP contribution in [0, 0.1) is 5.82 Å².